The summed E-state index contributed by atoms with van der Waals surface area (Å²) < 4.78 is 46.0. The standard InChI is InChI=1S/C14H16Br2F3NO/c1-21-13-7-12(9(15)6-10(13)16)20-11-5-3-2-4-8(11)14(17,18)19/h6-8,11,20H,2-5H2,1H3. The highest BCUT2D eigenvalue weighted by Crippen LogP contribution is 2.41. The highest BCUT2D eigenvalue weighted by Gasteiger charge is 2.45. The summed E-state index contributed by atoms with van der Waals surface area (Å²) in [4.78, 5) is 0. The fourth-order valence-electron chi connectivity index (χ4n) is 2.69. The number of alkyl halides is 3. The fraction of sp³-hybridized carbons (Fsp3) is 0.571. The van der Waals surface area contributed by atoms with Gasteiger partial charge in [-0.05, 0) is 50.8 Å². The average molecular weight is 431 g/mol. The Hall–Kier alpha value is -0.430. The highest BCUT2D eigenvalue weighted by atomic mass is 79.9. The molecule has 0 aliphatic heterocycles. The zero-order valence-electron chi connectivity index (χ0n) is 11.4. The Bertz CT molecular complexity index is 508. The van der Waals surface area contributed by atoms with Gasteiger partial charge in [0.25, 0.3) is 0 Å². The van der Waals surface area contributed by atoms with Crippen LogP contribution >= 0.6 is 31.9 Å². The molecule has 118 valence electrons. The third-order valence-corrected chi connectivity index (χ3v) is 5.04. The number of anilines is 1. The van der Waals surface area contributed by atoms with E-state index >= 15 is 0 Å². The molecule has 0 spiro atoms. The van der Waals surface area contributed by atoms with Crippen molar-refractivity contribution in [2.45, 2.75) is 37.9 Å². The van der Waals surface area contributed by atoms with E-state index in [0.717, 1.165) is 10.9 Å². The van der Waals surface area contributed by atoms with Gasteiger partial charge in [-0.25, -0.2) is 0 Å². The van der Waals surface area contributed by atoms with E-state index in [0.29, 0.717) is 28.8 Å². The van der Waals surface area contributed by atoms with Crippen LogP contribution in [0.2, 0.25) is 0 Å². The van der Waals surface area contributed by atoms with Crippen molar-refractivity contribution < 1.29 is 17.9 Å². The Morgan fingerprint density at radius 3 is 2.43 bits per heavy atom. The number of hydrogen-bond donors (Lipinski definition) is 1. The first-order valence-corrected chi connectivity index (χ1v) is 8.28. The van der Waals surface area contributed by atoms with Crippen LogP contribution in [0.5, 0.6) is 5.75 Å². The topological polar surface area (TPSA) is 21.3 Å². The Morgan fingerprint density at radius 2 is 1.81 bits per heavy atom. The first-order chi connectivity index (χ1) is 9.82. The van der Waals surface area contributed by atoms with Crippen molar-refractivity contribution in [3.8, 4) is 5.75 Å². The van der Waals surface area contributed by atoms with E-state index in [4.69, 9.17) is 4.74 Å². The monoisotopic (exact) mass is 429 g/mol. The van der Waals surface area contributed by atoms with E-state index in [1.54, 1.807) is 12.1 Å². The second kappa shape index (κ2) is 6.77. The van der Waals surface area contributed by atoms with Crippen LogP contribution in [0.15, 0.2) is 21.1 Å². The van der Waals surface area contributed by atoms with Gasteiger partial charge in [-0.1, -0.05) is 12.8 Å². The molecule has 7 heteroatoms. The van der Waals surface area contributed by atoms with E-state index in [1.165, 1.54) is 7.11 Å². The summed E-state index contributed by atoms with van der Waals surface area (Å²) in [5.41, 5.74) is 0.621. The maximum atomic E-state index is 13.1. The molecule has 0 aromatic heterocycles. The van der Waals surface area contributed by atoms with Crippen molar-refractivity contribution in [1.82, 2.24) is 0 Å². The molecular formula is C14H16Br2F3NO. The maximum absolute atomic E-state index is 13.1. The van der Waals surface area contributed by atoms with Gasteiger partial charge >= 0.3 is 6.18 Å². The van der Waals surface area contributed by atoms with Gasteiger partial charge in [0.15, 0.2) is 0 Å². The largest absolute Gasteiger partial charge is 0.495 e. The zero-order valence-corrected chi connectivity index (χ0v) is 14.6. The molecule has 1 fully saturated rings. The van der Waals surface area contributed by atoms with Crippen molar-refractivity contribution in [2.75, 3.05) is 12.4 Å². The number of methoxy groups -OCH3 is 1. The molecule has 1 saturated carbocycles. The second-order valence-corrected chi connectivity index (χ2v) is 6.86. The molecular weight excluding hydrogens is 415 g/mol. The van der Waals surface area contributed by atoms with Crippen LogP contribution in [0.25, 0.3) is 0 Å². The van der Waals surface area contributed by atoms with E-state index in [9.17, 15) is 13.2 Å². The van der Waals surface area contributed by atoms with E-state index in [2.05, 4.69) is 37.2 Å². The van der Waals surface area contributed by atoms with E-state index in [1.807, 2.05) is 0 Å². The summed E-state index contributed by atoms with van der Waals surface area (Å²) in [6, 6.07) is 2.88. The van der Waals surface area contributed by atoms with Crippen molar-refractivity contribution in [1.29, 1.82) is 0 Å². The predicted molar refractivity (Wildman–Crippen MR) is 83.8 cm³/mol. The molecule has 1 aliphatic rings. The third-order valence-electron chi connectivity index (χ3n) is 3.77. The summed E-state index contributed by atoms with van der Waals surface area (Å²) in [6.45, 7) is 0. The molecule has 2 rings (SSSR count). The first kappa shape index (κ1) is 16.9. The molecule has 0 saturated heterocycles. The highest BCUT2D eigenvalue weighted by molar-refractivity contribution is 9.11. The number of hydrogen-bond acceptors (Lipinski definition) is 2. The molecule has 2 atom stereocenters. The minimum Gasteiger partial charge on any atom is -0.495 e. The lowest BCUT2D eigenvalue weighted by atomic mass is 9.84. The smallest absolute Gasteiger partial charge is 0.393 e. The number of ether oxygens (including phenoxy) is 1. The summed E-state index contributed by atoms with van der Waals surface area (Å²) in [7, 11) is 1.52. The molecule has 21 heavy (non-hydrogen) atoms. The lowest BCUT2D eigenvalue weighted by molar-refractivity contribution is -0.184. The van der Waals surface area contributed by atoms with Gasteiger partial charge in [0.05, 0.1) is 23.2 Å². The summed E-state index contributed by atoms with van der Waals surface area (Å²) in [6.07, 6.45) is -2.01. The van der Waals surface area contributed by atoms with Crippen molar-refractivity contribution in [3.05, 3.63) is 21.1 Å². The Balaban J connectivity index is 2.23. The molecule has 1 aliphatic carbocycles. The Morgan fingerprint density at radius 1 is 1.14 bits per heavy atom. The van der Waals surface area contributed by atoms with Crippen LogP contribution < -0.4 is 10.1 Å². The van der Waals surface area contributed by atoms with Crippen LogP contribution in [0.1, 0.15) is 25.7 Å². The van der Waals surface area contributed by atoms with Crippen LogP contribution in [0, 0.1) is 5.92 Å². The number of rotatable bonds is 3. The van der Waals surface area contributed by atoms with Crippen molar-refractivity contribution in [3.63, 3.8) is 0 Å². The fourth-order valence-corrected chi connectivity index (χ4v) is 3.96. The van der Waals surface area contributed by atoms with Gasteiger partial charge in [0, 0.05) is 16.6 Å². The molecule has 0 radical (unpaired) electrons. The van der Waals surface area contributed by atoms with Crippen molar-refractivity contribution >= 4 is 37.5 Å². The molecule has 1 aromatic carbocycles. The predicted octanol–water partition coefficient (Wildman–Crippen LogP) is 5.75. The van der Waals surface area contributed by atoms with Crippen LogP contribution in [0.4, 0.5) is 18.9 Å². The van der Waals surface area contributed by atoms with Gasteiger partial charge in [0.2, 0.25) is 0 Å². The van der Waals surface area contributed by atoms with Crippen LogP contribution in [-0.4, -0.2) is 19.3 Å². The lowest BCUT2D eigenvalue weighted by Crippen LogP contribution is -2.41. The zero-order chi connectivity index (χ0) is 15.6. The molecule has 1 N–H and O–H groups in total. The number of benzene rings is 1. The Labute approximate surface area is 138 Å². The molecule has 2 nitrogen and oxygen atoms in total. The Kier molecular flexibility index (Phi) is 5.46. The van der Waals surface area contributed by atoms with Gasteiger partial charge in [-0.3, -0.25) is 0 Å². The van der Waals surface area contributed by atoms with Gasteiger partial charge in [-0.2, -0.15) is 13.2 Å². The molecule has 0 amide bonds. The SMILES string of the molecule is COc1cc(NC2CCCCC2C(F)(F)F)c(Br)cc1Br. The number of nitrogens with one attached hydrogen (secondary N) is 1. The van der Waals surface area contributed by atoms with Gasteiger partial charge in [-0.15, -0.1) is 0 Å². The minimum atomic E-state index is -4.16. The van der Waals surface area contributed by atoms with E-state index in [-0.39, 0.29) is 6.42 Å². The minimum absolute atomic E-state index is 0.187. The summed E-state index contributed by atoms with van der Waals surface area (Å²) >= 11 is 6.73. The molecule has 0 bridgehead atoms. The van der Waals surface area contributed by atoms with Crippen LogP contribution in [0.3, 0.4) is 0 Å². The first-order valence-electron chi connectivity index (χ1n) is 6.69. The molecule has 1 aromatic rings. The lowest BCUT2D eigenvalue weighted by Gasteiger charge is -2.34. The van der Waals surface area contributed by atoms with E-state index < -0.39 is 18.1 Å². The molecule has 2 unspecified atom stereocenters. The maximum Gasteiger partial charge on any atom is 0.393 e. The summed E-state index contributed by atoms with van der Waals surface area (Å²) in [5.74, 6) is -0.715. The van der Waals surface area contributed by atoms with Crippen molar-refractivity contribution in [2.24, 2.45) is 5.92 Å². The van der Waals surface area contributed by atoms with Gasteiger partial charge in [0.1, 0.15) is 5.75 Å². The summed E-state index contributed by atoms with van der Waals surface area (Å²) in [5, 5.41) is 3.04. The normalized spacial score (nSPS) is 23.0. The molecule has 0 heterocycles. The van der Waals surface area contributed by atoms with Crippen LogP contribution in [-0.2, 0) is 0 Å². The number of halogens is 5. The van der Waals surface area contributed by atoms with Gasteiger partial charge < -0.3 is 10.1 Å². The third kappa shape index (κ3) is 4.06. The average Bonchev–Trinajstić information content (AvgIpc) is 2.41. The second-order valence-electron chi connectivity index (χ2n) is 5.15. The quantitative estimate of drug-likeness (QED) is 0.658.